The van der Waals surface area contributed by atoms with Crippen LogP contribution in [0.5, 0.6) is 5.88 Å². The summed E-state index contributed by atoms with van der Waals surface area (Å²) in [5.41, 5.74) is 3.97. The number of nitrogens with zero attached hydrogens (tertiary/aromatic N) is 5. The summed E-state index contributed by atoms with van der Waals surface area (Å²) in [6.07, 6.45) is -2.09. The predicted molar refractivity (Wildman–Crippen MR) is 128 cm³/mol. The third-order valence-corrected chi connectivity index (χ3v) is 5.96. The molecule has 0 bridgehead atoms. The Bertz CT molecular complexity index is 1100. The Morgan fingerprint density at radius 3 is 2.57 bits per heavy atom. The molecule has 202 valence electrons. The monoisotopic (exact) mass is 524 g/mol. The summed E-state index contributed by atoms with van der Waals surface area (Å²) in [4.78, 5) is 28.3. The van der Waals surface area contributed by atoms with E-state index in [2.05, 4.69) is 15.0 Å². The molecular formula is C24H31F3N6O4. The first kappa shape index (κ1) is 26.7. The van der Waals surface area contributed by atoms with Gasteiger partial charge in [0.2, 0.25) is 11.8 Å². The molecule has 4 heterocycles. The zero-order valence-corrected chi connectivity index (χ0v) is 21.0. The number of ether oxygens (including phenoxy) is 3. The van der Waals surface area contributed by atoms with E-state index in [1.54, 1.807) is 22.1 Å². The Morgan fingerprint density at radius 2 is 1.89 bits per heavy atom. The molecule has 1 unspecified atom stereocenters. The van der Waals surface area contributed by atoms with Crippen LogP contribution in [0.2, 0.25) is 0 Å². The maximum Gasteiger partial charge on any atom is 0.416 e. The second kappa shape index (κ2) is 10.6. The number of nitrogen functional groups attached to an aromatic ring is 1. The Hall–Kier alpha value is -3.35. The summed E-state index contributed by atoms with van der Waals surface area (Å²) >= 11 is 0. The van der Waals surface area contributed by atoms with E-state index < -0.39 is 23.4 Å². The highest BCUT2D eigenvalue weighted by atomic mass is 19.4. The number of alkyl halides is 3. The van der Waals surface area contributed by atoms with Crippen molar-refractivity contribution >= 4 is 17.9 Å². The lowest BCUT2D eigenvalue weighted by Gasteiger charge is -2.34. The van der Waals surface area contributed by atoms with Gasteiger partial charge >= 0.3 is 12.3 Å². The van der Waals surface area contributed by atoms with Crippen molar-refractivity contribution in [3.05, 3.63) is 35.7 Å². The Balaban J connectivity index is 1.39. The van der Waals surface area contributed by atoms with Crippen molar-refractivity contribution in [3.8, 4) is 5.88 Å². The van der Waals surface area contributed by atoms with Crippen molar-refractivity contribution in [1.82, 2.24) is 19.9 Å². The first-order valence-corrected chi connectivity index (χ1v) is 12.1. The second-order valence-corrected chi connectivity index (χ2v) is 9.98. The number of aromatic nitrogens is 3. The van der Waals surface area contributed by atoms with Gasteiger partial charge in [-0.15, -0.1) is 0 Å². The lowest BCUT2D eigenvalue weighted by Crippen LogP contribution is -2.44. The van der Waals surface area contributed by atoms with Crippen LogP contribution in [0.25, 0.3) is 0 Å². The van der Waals surface area contributed by atoms with Gasteiger partial charge in [0.15, 0.2) is 0 Å². The van der Waals surface area contributed by atoms with Crippen LogP contribution in [0.4, 0.5) is 29.7 Å². The SMILES string of the molecule is CC(C)(C)OC(=O)N1CCC(Oc2ccnc(N3CCOC(c4cnc(N)cc4C(F)(F)F)C3)n2)CC1. The number of carbonyl (C=O) groups is 1. The van der Waals surface area contributed by atoms with Crippen LogP contribution in [-0.2, 0) is 15.7 Å². The number of piperidine rings is 1. The quantitative estimate of drug-likeness (QED) is 0.637. The first-order chi connectivity index (χ1) is 17.4. The number of nitrogens with two attached hydrogens (primary N) is 1. The third-order valence-electron chi connectivity index (χ3n) is 5.96. The molecule has 0 aliphatic carbocycles. The number of anilines is 2. The van der Waals surface area contributed by atoms with E-state index in [0.717, 1.165) is 12.3 Å². The maximum absolute atomic E-state index is 13.6. The summed E-state index contributed by atoms with van der Waals surface area (Å²) in [5.74, 6) is 0.469. The number of carbonyl (C=O) groups excluding carboxylic acids is 1. The molecule has 0 saturated carbocycles. The van der Waals surface area contributed by atoms with Gasteiger partial charge in [0.1, 0.15) is 23.6 Å². The van der Waals surface area contributed by atoms with Crippen molar-refractivity contribution in [3.63, 3.8) is 0 Å². The minimum atomic E-state index is -4.60. The number of likely N-dealkylation sites (tertiary alicyclic amines) is 1. The van der Waals surface area contributed by atoms with E-state index in [1.165, 1.54) is 0 Å². The number of hydrogen-bond donors (Lipinski definition) is 1. The number of hydrogen-bond acceptors (Lipinski definition) is 9. The fourth-order valence-electron chi connectivity index (χ4n) is 4.21. The van der Waals surface area contributed by atoms with Gasteiger partial charge in [-0.05, 0) is 26.8 Å². The summed E-state index contributed by atoms with van der Waals surface area (Å²) in [6.45, 7) is 7.16. The third kappa shape index (κ3) is 6.90. The lowest BCUT2D eigenvalue weighted by molar-refractivity contribution is -0.139. The van der Waals surface area contributed by atoms with E-state index in [4.69, 9.17) is 19.9 Å². The summed E-state index contributed by atoms with van der Waals surface area (Å²) in [6, 6.07) is 2.45. The molecule has 1 atom stereocenters. The predicted octanol–water partition coefficient (Wildman–Crippen LogP) is 3.83. The smallest absolute Gasteiger partial charge is 0.416 e. The lowest BCUT2D eigenvalue weighted by atomic mass is 10.0. The summed E-state index contributed by atoms with van der Waals surface area (Å²) in [7, 11) is 0. The standard InChI is InChI=1S/C24H31F3N6O4/c1-23(2,3)37-22(34)32-8-5-15(6-9-32)36-20-4-7-29-21(31-20)33-10-11-35-18(14-33)16-13-30-19(28)12-17(16)24(25,26)27/h4,7,12-13,15,18H,5-6,8-11,14H2,1-3H3,(H2,28,30). The van der Waals surface area contributed by atoms with Crippen LogP contribution in [0, 0.1) is 0 Å². The number of rotatable bonds is 4. The molecule has 10 nitrogen and oxygen atoms in total. The summed E-state index contributed by atoms with van der Waals surface area (Å²) < 4.78 is 57.9. The molecule has 2 aliphatic heterocycles. The van der Waals surface area contributed by atoms with Gasteiger partial charge < -0.3 is 29.7 Å². The minimum absolute atomic E-state index is 0.0875. The van der Waals surface area contributed by atoms with Crippen LogP contribution in [0.1, 0.15) is 50.8 Å². The Morgan fingerprint density at radius 1 is 1.16 bits per heavy atom. The molecule has 2 aromatic heterocycles. The van der Waals surface area contributed by atoms with E-state index in [9.17, 15) is 18.0 Å². The number of halogens is 3. The topological polar surface area (TPSA) is 116 Å². The highest BCUT2D eigenvalue weighted by Crippen LogP contribution is 2.37. The number of morpholine rings is 1. The highest BCUT2D eigenvalue weighted by Gasteiger charge is 2.38. The molecule has 0 spiro atoms. The molecule has 2 aliphatic rings. The van der Waals surface area contributed by atoms with Gasteiger partial charge in [0, 0.05) is 56.5 Å². The first-order valence-electron chi connectivity index (χ1n) is 12.1. The van der Waals surface area contributed by atoms with Crippen molar-refractivity contribution in [1.29, 1.82) is 0 Å². The molecule has 37 heavy (non-hydrogen) atoms. The molecule has 0 aromatic carbocycles. The second-order valence-electron chi connectivity index (χ2n) is 9.98. The Kier molecular flexibility index (Phi) is 7.62. The molecule has 2 fully saturated rings. The molecular weight excluding hydrogens is 493 g/mol. The van der Waals surface area contributed by atoms with E-state index in [0.29, 0.717) is 44.3 Å². The number of pyridine rings is 1. The van der Waals surface area contributed by atoms with E-state index in [1.807, 2.05) is 20.8 Å². The van der Waals surface area contributed by atoms with Gasteiger partial charge in [0.05, 0.1) is 18.7 Å². The number of amides is 1. The van der Waals surface area contributed by atoms with Gasteiger partial charge in [-0.25, -0.2) is 14.8 Å². The van der Waals surface area contributed by atoms with Crippen molar-refractivity contribution in [2.24, 2.45) is 0 Å². The molecule has 4 rings (SSSR count). The van der Waals surface area contributed by atoms with Crippen molar-refractivity contribution in [2.75, 3.05) is 43.4 Å². The van der Waals surface area contributed by atoms with Crippen molar-refractivity contribution in [2.45, 2.75) is 57.6 Å². The fourth-order valence-corrected chi connectivity index (χ4v) is 4.21. The highest BCUT2D eigenvalue weighted by molar-refractivity contribution is 5.68. The minimum Gasteiger partial charge on any atom is -0.474 e. The van der Waals surface area contributed by atoms with Crippen LogP contribution in [0.3, 0.4) is 0 Å². The summed E-state index contributed by atoms with van der Waals surface area (Å²) in [5, 5.41) is 0. The molecule has 1 amide bonds. The average Bonchev–Trinajstić information content (AvgIpc) is 2.83. The molecule has 0 radical (unpaired) electrons. The van der Waals surface area contributed by atoms with E-state index in [-0.39, 0.29) is 36.7 Å². The van der Waals surface area contributed by atoms with Crippen LogP contribution in [0.15, 0.2) is 24.5 Å². The van der Waals surface area contributed by atoms with Gasteiger partial charge in [0.25, 0.3) is 0 Å². The fraction of sp³-hybridized carbons (Fsp3) is 0.583. The van der Waals surface area contributed by atoms with Gasteiger partial charge in [-0.1, -0.05) is 0 Å². The maximum atomic E-state index is 13.6. The Labute approximate surface area is 212 Å². The molecule has 2 N–H and O–H groups in total. The van der Waals surface area contributed by atoms with E-state index >= 15 is 0 Å². The zero-order valence-electron chi connectivity index (χ0n) is 21.0. The van der Waals surface area contributed by atoms with Crippen LogP contribution < -0.4 is 15.4 Å². The average molecular weight is 525 g/mol. The van der Waals surface area contributed by atoms with Crippen LogP contribution >= 0.6 is 0 Å². The molecule has 2 saturated heterocycles. The van der Waals surface area contributed by atoms with Gasteiger partial charge in [-0.3, -0.25) is 0 Å². The van der Waals surface area contributed by atoms with Crippen molar-refractivity contribution < 1.29 is 32.2 Å². The molecule has 2 aromatic rings. The van der Waals surface area contributed by atoms with Crippen LogP contribution in [-0.4, -0.2) is 70.4 Å². The normalized spacial score (nSPS) is 19.6. The zero-order chi connectivity index (χ0) is 26.8. The largest absolute Gasteiger partial charge is 0.474 e. The molecule has 13 heteroatoms. The van der Waals surface area contributed by atoms with Gasteiger partial charge in [-0.2, -0.15) is 18.2 Å².